The minimum absolute atomic E-state index is 0.269. The highest BCUT2D eigenvalue weighted by Gasteiger charge is 2.10. The van der Waals surface area contributed by atoms with E-state index in [-0.39, 0.29) is 6.61 Å². The van der Waals surface area contributed by atoms with Gasteiger partial charge in [-0.1, -0.05) is 37.4 Å². The molecule has 0 saturated heterocycles. The second-order valence-corrected chi connectivity index (χ2v) is 7.84. The van der Waals surface area contributed by atoms with Gasteiger partial charge in [-0.15, -0.1) is 0 Å². The fraction of sp³-hybridized carbons (Fsp3) is 0.167. The zero-order chi connectivity index (χ0) is 27.2. The Morgan fingerprint density at radius 3 is 1.84 bits per heavy atom. The van der Waals surface area contributed by atoms with Crippen LogP contribution in [0.5, 0.6) is 17.2 Å². The Bertz CT molecular complexity index is 1230. The lowest BCUT2D eigenvalue weighted by molar-refractivity contribution is -0.140. The molecule has 196 valence electrons. The van der Waals surface area contributed by atoms with Crippen molar-refractivity contribution in [2.45, 2.75) is 12.8 Å². The molecule has 0 spiro atoms. The highest BCUT2D eigenvalue weighted by molar-refractivity contribution is 5.91. The lowest BCUT2D eigenvalue weighted by atomic mass is 10.1. The number of benzene rings is 3. The minimum Gasteiger partial charge on any atom is -0.494 e. The second-order valence-electron chi connectivity index (χ2n) is 7.84. The van der Waals surface area contributed by atoms with Crippen LogP contribution in [0.15, 0.2) is 98.3 Å². The monoisotopic (exact) mass is 516 g/mol. The fourth-order valence-corrected chi connectivity index (χ4v) is 3.21. The molecular formula is C30H28O8. The average molecular weight is 517 g/mol. The van der Waals surface area contributed by atoms with Gasteiger partial charge in [0.05, 0.1) is 25.0 Å². The van der Waals surface area contributed by atoms with Crippen molar-refractivity contribution in [1.82, 2.24) is 0 Å². The highest BCUT2D eigenvalue weighted by atomic mass is 16.6. The first kappa shape index (κ1) is 27.7. The van der Waals surface area contributed by atoms with Crippen LogP contribution >= 0.6 is 0 Å². The molecule has 0 amide bonds. The van der Waals surface area contributed by atoms with E-state index in [0.717, 1.165) is 35.6 Å². The summed E-state index contributed by atoms with van der Waals surface area (Å²) < 4.78 is 26.0. The maximum Gasteiger partial charge on any atom is 0.348 e. The molecule has 0 saturated carbocycles. The number of hydrogen-bond donors (Lipinski definition) is 0. The highest BCUT2D eigenvalue weighted by Crippen LogP contribution is 2.25. The van der Waals surface area contributed by atoms with Crippen molar-refractivity contribution in [3.63, 3.8) is 0 Å². The molecule has 3 aromatic rings. The third-order valence-electron chi connectivity index (χ3n) is 5.13. The van der Waals surface area contributed by atoms with Crippen molar-refractivity contribution in [2.24, 2.45) is 0 Å². The van der Waals surface area contributed by atoms with Crippen molar-refractivity contribution >= 4 is 17.9 Å². The molecule has 0 unspecified atom stereocenters. The lowest BCUT2D eigenvalue weighted by Gasteiger charge is -2.09. The molecule has 0 bridgehead atoms. The number of carbonyl (C=O) groups excluding carboxylic acids is 3. The first-order valence-corrected chi connectivity index (χ1v) is 11.9. The maximum atomic E-state index is 12.5. The molecular weight excluding hydrogens is 488 g/mol. The third-order valence-corrected chi connectivity index (χ3v) is 5.13. The van der Waals surface area contributed by atoms with Crippen LogP contribution in [-0.2, 0) is 19.1 Å². The van der Waals surface area contributed by atoms with Crippen LogP contribution < -0.4 is 14.2 Å². The van der Waals surface area contributed by atoms with Crippen LogP contribution in [-0.4, -0.2) is 37.7 Å². The van der Waals surface area contributed by atoms with Crippen LogP contribution in [0.4, 0.5) is 0 Å². The standard InChI is InChI=1S/C30H28O8/c1-3-28(31)36-20-6-5-19-35-25-13-7-22(8-14-25)23-9-17-27(18-10-23)38-30(33)24-11-15-26(16-12-24)37-21-29(32)34-4-2/h3-4,7-18H,1-2,5-6,19-21H2. The molecule has 0 N–H and O–H groups in total. The Kier molecular flexibility index (Phi) is 10.7. The Hall–Kier alpha value is -4.85. The third kappa shape index (κ3) is 8.98. The van der Waals surface area contributed by atoms with Gasteiger partial charge in [-0.05, 0) is 72.5 Å². The summed E-state index contributed by atoms with van der Waals surface area (Å²) in [4.78, 5) is 34.8. The Morgan fingerprint density at radius 2 is 1.24 bits per heavy atom. The summed E-state index contributed by atoms with van der Waals surface area (Å²) in [5.41, 5.74) is 2.28. The summed E-state index contributed by atoms with van der Waals surface area (Å²) in [6, 6.07) is 21.1. The van der Waals surface area contributed by atoms with Crippen LogP contribution in [0, 0.1) is 0 Å². The van der Waals surface area contributed by atoms with Crippen molar-refractivity contribution in [1.29, 1.82) is 0 Å². The summed E-state index contributed by atoms with van der Waals surface area (Å²) >= 11 is 0. The quantitative estimate of drug-likeness (QED) is 0.0908. The summed E-state index contributed by atoms with van der Waals surface area (Å²) in [7, 11) is 0. The van der Waals surface area contributed by atoms with Gasteiger partial charge in [0, 0.05) is 6.08 Å². The van der Waals surface area contributed by atoms with Gasteiger partial charge < -0.3 is 23.7 Å². The average Bonchev–Trinajstić information content (AvgIpc) is 2.95. The molecule has 8 heteroatoms. The van der Waals surface area contributed by atoms with E-state index in [0.29, 0.717) is 36.7 Å². The van der Waals surface area contributed by atoms with Gasteiger partial charge in [-0.2, -0.15) is 0 Å². The van der Waals surface area contributed by atoms with Gasteiger partial charge >= 0.3 is 17.9 Å². The Labute approximate surface area is 221 Å². The summed E-state index contributed by atoms with van der Waals surface area (Å²) in [5.74, 6) is 0.0517. The van der Waals surface area contributed by atoms with Crippen molar-refractivity contribution < 1.29 is 38.1 Å². The van der Waals surface area contributed by atoms with Gasteiger partial charge in [0.25, 0.3) is 0 Å². The lowest BCUT2D eigenvalue weighted by Crippen LogP contribution is -2.12. The molecule has 0 radical (unpaired) electrons. The zero-order valence-corrected chi connectivity index (χ0v) is 20.8. The van der Waals surface area contributed by atoms with Gasteiger partial charge in [0.1, 0.15) is 17.2 Å². The van der Waals surface area contributed by atoms with E-state index in [1.165, 1.54) is 0 Å². The molecule has 8 nitrogen and oxygen atoms in total. The first-order valence-electron chi connectivity index (χ1n) is 11.9. The maximum absolute atomic E-state index is 12.5. The number of rotatable bonds is 14. The van der Waals surface area contributed by atoms with Crippen LogP contribution in [0.25, 0.3) is 11.1 Å². The van der Waals surface area contributed by atoms with E-state index >= 15 is 0 Å². The van der Waals surface area contributed by atoms with Crippen molar-refractivity contribution in [3.05, 3.63) is 104 Å². The zero-order valence-electron chi connectivity index (χ0n) is 20.8. The fourth-order valence-electron chi connectivity index (χ4n) is 3.21. The van der Waals surface area contributed by atoms with E-state index in [1.54, 1.807) is 36.4 Å². The van der Waals surface area contributed by atoms with E-state index < -0.39 is 17.9 Å². The molecule has 0 aliphatic carbocycles. The van der Waals surface area contributed by atoms with Crippen molar-refractivity contribution in [2.75, 3.05) is 19.8 Å². The first-order chi connectivity index (χ1) is 18.5. The topological polar surface area (TPSA) is 97.4 Å². The van der Waals surface area contributed by atoms with E-state index in [1.807, 2.05) is 36.4 Å². The van der Waals surface area contributed by atoms with E-state index in [9.17, 15) is 14.4 Å². The van der Waals surface area contributed by atoms with Crippen LogP contribution in [0.3, 0.4) is 0 Å². The molecule has 0 aliphatic heterocycles. The molecule has 0 aliphatic rings. The van der Waals surface area contributed by atoms with Gasteiger partial charge in [0.15, 0.2) is 6.61 Å². The largest absolute Gasteiger partial charge is 0.494 e. The van der Waals surface area contributed by atoms with Gasteiger partial charge in [-0.3, -0.25) is 0 Å². The molecule has 38 heavy (non-hydrogen) atoms. The SMILES string of the molecule is C=COC(=O)COc1ccc(C(=O)Oc2ccc(-c3ccc(OCCCCOC(=O)C=C)cc3)cc2)cc1. The summed E-state index contributed by atoms with van der Waals surface area (Å²) in [6.45, 7) is 7.24. The second kappa shape index (κ2) is 14.6. The molecule has 3 rings (SSSR count). The number of carbonyl (C=O) groups is 3. The van der Waals surface area contributed by atoms with E-state index in [2.05, 4.69) is 17.9 Å². The number of unbranched alkanes of at least 4 members (excludes halogenated alkanes) is 1. The smallest absolute Gasteiger partial charge is 0.348 e. The molecule has 0 aromatic heterocycles. The number of esters is 3. The molecule has 0 atom stereocenters. The van der Waals surface area contributed by atoms with Crippen LogP contribution in [0.1, 0.15) is 23.2 Å². The summed E-state index contributed by atoms with van der Waals surface area (Å²) in [6.07, 6.45) is 3.65. The van der Waals surface area contributed by atoms with Gasteiger partial charge in [-0.25, -0.2) is 14.4 Å². The Morgan fingerprint density at radius 1 is 0.684 bits per heavy atom. The number of hydrogen-bond acceptors (Lipinski definition) is 8. The summed E-state index contributed by atoms with van der Waals surface area (Å²) in [5, 5.41) is 0. The van der Waals surface area contributed by atoms with Crippen LogP contribution in [0.2, 0.25) is 0 Å². The minimum atomic E-state index is -0.575. The molecule has 0 heterocycles. The Balaban J connectivity index is 1.45. The molecule has 3 aromatic carbocycles. The van der Waals surface area contributed by atoms with Gasteiger partial charge in [0.2, 0.25) is 0 Å². The predicted molar refractivity (Wildman–Crippen MR) is 141 cm³/mol. The number of ether oxygens (including phenoxy) is 5. The normalized spacial score (nSPS) is 10.1. The van der Waals surface area contributed by atoms with Crippen molar-refractivity contribution in [3.8, 4) is 28.4 Å². The molecule has 0 fully saturated rings. The van der Waals surface area contributed by atoms with E-state index in [4.69, 9.17) is 18.9 Å². The predicted octanol–water partition coefficient (Wildman–Crippen LogP) is 5.53.